The molecule has 2 aromatic carbocycles. The molecule has 10 nitrogen and oxygen atoms in total. The van der Waals surface area contributed by atoms with E-state index in [0.717, 1.165) is 85.3 Å². The molecule has 0 bridgehead atoms. The number of carbonyl (C=O) groups is 1. The van der Waals surface area contributed by atoms with Gasteiger partial charge in [0.25, 0.3) is 5.91 Å². The molecule has 1 aliphatic heterocycles. The lowest BCUT2D eigenvalue weighted by Gasteiger charge is -2.41. The number of likely N-dealkylation sites (N-methyl/N-ethyl adjacent to an activating group) is 1. The molecule has 2 aliphatic rings. The summed E-state index contributed by atoms with van der Waals surface area (Å²) in [7, 11) is 2.21. The Bertz CT molecular complexity index is 1740. The van der Waals surface area contributed by atoms with Crippen molar-refractivity contribution in [1.82, 2.24) is 39.8 Å². The van der Waals surface area contributed by atoms with Crippen molar-refractivity contribution in [2.75, 3.05) is 39.0 Å². The van der Waals surface area contributed by atoms with Gasteiger partial charge in [0.2, 0.25) is 0 Å². The highest BCUT2D eigenvalue weighted by Gasteiger charge is 2.31. The minimum absolute atomic E-state index is 0.182. The Morgan fingerprint density at radius 3 is 2.29 bits per heavy atom. The van der Waals surface area contributed by atoms with E-state index >= 15 is 0 Å². The maximum absolute atomic E-state index is 13.2. The van der Waals surface area contributed by atoms with Crippen LogP contribution in [0.4, 0.5) is 5.82 Å². The Kier molecular flexibility index (Phi) is 8.23. The lowest BCUT2D eigenvalue weighted by Crippen LogP contribution is -2.49. The smallest absolute Gasteiger partial charge is 0.253 e. The third kappa shape index (κ3) is 6.03. The number of rotatable bonds is 7. The van der Waals surface area contributed by atoms with E-state index in [0.29, 0.717) is 17.4 Å². The molecule has 10 heteroatoms. The summed E-state index contributed by atoms with van der Waals surface area (Å²) in [6, 6.07) is 22.2. The molecule has 4 heterocycles. The minimum atomic E-state index is -0.342. The van der Waals surface area contributed by atoms with E-state index in [1.165, 1.54) is 6.33 Å². The van der Waals surface area contributed by atoms with Crippen molar-refractivity contribution < 1.29 is 4.79 Å². The lowest BCUT2D eigenvalue weighted by atomic mass is 9.90. The highest BCUT2D eigenvalue weighted by molar-refractivity contribution is 5.98. The normalized spacial score (nSPS) is 20.2. The average molecular weight is 602 g/mol. The summed E-state index contributed by atoms with van der Waals surface area (Å²) < 4.78 is 2.09. The monoisotopic (exact) mass is 601 g/mol. The van der Waals surface area contributed by atoms with Crippen LogP contribution in [0.1, 0.15) is 59.3 Å². The van der Waals surface area contributed by atoms with Gasteiger partial charge in [-0.25, -0.2) is 14.6 Å². The van der Waals surface area contributed by atoms with Crippen LogP contribution < -0.4 is 11.1 Å². The molecule has 230 valence electrons. The zero-order chi connectivity index (χ0) is 30.8. The predicted octanol–water partition coefficient (Wildman–Crippen LogP) is 4.72. The minimum Gasteiger partial charge on any atom is -0.383 e. The average Bonchev–Trinajstić information content (AvgIpc) is 3.49. The van der Waals surface area contributed by atoms with Gasteiger partial charge in [-0.15, -0.1) is 0 Å². The zero-order valence-electron chi connectivity index (χ0n) is 25.6. The number of hydrogen-bond donors (Lipinski definition) is 2. The van der Waals surface area contributed by atoms with E-state index < -0.39 is 0 Å². The van der Waals surface area contributed by atoms with E-state index in [-0.39, 0.29) is 18.0 Å². The van der Waals surface area contributed by atoms with E-state index in [1.807, 2.05) is 54.6 Å². The number of carbonyl (C=O) groups excluding carboxylic acids is 1. The number of nitrogen functional groups attached to an aromatic ring is 1. The number of benzene rings is 2. The molecule has 1 amide bonds. The number of nitrogens with two attached hydrogens (primary N) is 1. The fourth-order valence-corrected chi connectivity index (χ4v) is 6.86. The number of pyridine rings is 1. The van der Waals surface area contributed by atoms with Crippen LogP contribution in [-0.4, -0.2) is 79.7 Å². The van der Waals surface area contributed by atoms with Crippen LogP contribution >= 0.6 is 0 Å². The SMILES string of the molecule is CN1CCN(C2CCC(n3nc(-c4ccc(C(NC(=O)c5cccnc5)c5ccccc5)cc4)c4c(N)ncnc43)CC2)CC1. The van der Waals surface area contributed by atoms with Gasteiger partial charge < -0.3 is 16.0 Å². The van der Waals surface area contributed by atoms with Crippen LogP contribution in [0.25, 0.3) is 22.3 Å². The summed E-state index contributed by atoms with van der Waals surface area (Å²) in [6.45, 7) is 4.59. The highest BCUT2D eigenvalue weighted by Crippen LogP contribution is 2.37. The van der Waals surface area contributed by atoms with E-state index in [1.54, 1.807) is 24.5 Å². The predicted molar refractivity (Wildman–Crippen MR) is 176 cm³/mol. The first-order valence-electron chi connectivity index (χ1n) is 15.8. The maximum atomic E-state index is 13.2. The fourth-order valence-electron chi connectivity index (χ4n) is 6.86. The van der Waals surface area contributed by atoms with Crippen molar-refractivity contribution >= 4 is 22.8 Å². The summed E-state index contributed by atoms with van der Waals surface area (Å²) in [5.41, 5.74) is 11.4. The van der Waals surface area contributed by atoms with E-state index in [9.17, 15) is 4.79 Å². The first-order chi connectivity index (χ1) is 22.0. The molecule has 0 spiro atoms. The van der Waals surface area contributed by atoms with E-state index in [4.69, 9.17) is 10.8 Å². The lowest BCUT2D eigenvalue weighted by molar-refractivity contribution is 0.0815. The molecule has 5 aromatic rings. The molecule has 2 fully saturated rings. The molecule has 45 heavy (non-hydrogen) atoms. The van der Waals surface area contributed by atoms with Crippen LogP contribution in [0, 0.1) is 0 Å². The zero-order valence-corrected chi connectivity index (χ0v) is 25.6. The van der Waals surface area contributed by atoms with Gasteiger partial charge in [-0.05, 0) is 56.0 Å². The molecule has 7 rings (SSSR count). The number of anilines is 1. The number of fused-ring (bicyclic) bond motifs is 1. The largest absolute Gasteiger partial charge is 0.383 e. The molecular formula is C35H39N9O. The number of amides is 1. The Labute approximate surface area is 263 Å². The van der Waals surface area contributed by atoms with Gasteiger partial charge in [0.1, 0.15) is 17.8 Å². The van der Waals surface area contributed by atoms with Crippen molar-refractivity contribution in [2.24, 2.45) is 0 Å². The maximum Gasteiger partial charge on any atom is 0.253 e. The fraction of sp³-hybridized carbons (Fsp3) is 0.343. The first kappa shape index (κ1) is 29.1. The topological polar surface area (TPSA) is 118 Å². The van der Waals surface area contributed by atoms with Crippen molar-refractivity contribution in [3.63, 3.8) is 0 Å². The second-order valence-corrected chi connectivity index (χ2v) is 12.2. The number of nitrogens with one attached hydrogen (secondary N) is 1. The van der Waals surface area contributed by atoms with Gasteiger partial charge in [0, 0.05) is 50.2 Å². The summed E-state index contributed by atoms with van der Waals surface area (Å²) >= 11 is 0. The molecule has 1 saturated carbocycles. The van der Waals surface area contributed by atoms with Gasteiger partial charge in [-0.1, -0.05) is 54.6 Å². The molecule has 1 aliphatic carbocycles. The highest BCUT2D eigenvalue weighted by atomic mass is 16.1. The summed E-state index contributed by atoms with van der Waals surface area (Å²) in [5.74, 6) is 0.250. The Morgan fingerprint density at radius 2 is 1.58 bits per heavy atom. The van der Waals surface area contributed by atoms with Crippen molar-refractivity contribution in [1.29, 1.82) is 0 Å². The molecule has 3 aromatic heterocycles. The van der Waals surface area contributed by atoms with Gasteiger partial charge in [-0.3, -0.25) is 14.7 Å². The van der Waals surface area contributed by atoms with Crippen molar-refractivity contribution in [2.45, 2.75) is 43.8 Å². The summed E-state index contributed by atoms with van der Waals surface area (Å²) in [6.07, 6.45) is 9.21. The van der Waals surface area contributed by atoms with Crippen LogP contribution in [0.2, 0.25) is 0 Å². The summed E-state index contributed by atoms with van der Waals surface area (Å²) in [4.78, 5) is 31.3. The number of nitrogens with zero attached hydrogens (tertiary/aromatic N) is 7. The Balaban J connectivity index is 1.16. The standard InChI is InChI=1S/C35H39N9O/c1-42-18-20-43(21-19-42)28-13-15-29(16-14-28)44-34-30(33(36)38-23-39-34)32(41-44)26-11-9-25(10-12-26)31(24-6-3-2-4-7-24)40-35(45)27-8-5-17-37-22-27/h2-12,17,22-23,28-29,31H,13-16,18-21H2,1H3,(H,40,45)(H2,36,38,39). The van der Waals surface area contributed by atoms with Crippen molar-refractivity contribution in [3.8, 4) is 11.3 Å². The van der Waals surface area contributed by atoms with E-state index in [2.05, 4.69) is 41.8 Å². The molecule has 3 N–H and O–H groups in total. The second-order valence-electron chi connectivity index (χ2n) is 12.2. The summed E-state index contributed by atoms with van der Waals surface area (Å²) in [5, 5.41) is 9.13. The molecule has 0 radical (unpaired) electrons. The number of aromatic nitrogens is 5. The van der Waals surface area contributed by atoms with Crippen LogP contribution in [0.3, 0.4) is 0 Å². The number of hydrogen-bond acceptors (Lipinski definition) is 8. The third-order valence-electron chi connectivity index (χ3n) is 9.43. The second kappa shape index (κ2) is 12.7. The van der Waals surface area contributed by atoms with Crippen molar-refractivity contribution in [3.05, 3.63) is 102 Å². The number of piperazine rings is 1. The Hall–Kier alpha value is -4.67. The van der Waals surface area contributed by atoms with Gasteiger partial charge in [-0.2, -0.15) is 5.10 Å². The quantitative estimate of drug-likeness (QED) is 0.275. The van der Waals surface area contributed by atoms with Gasteiger partial charge in [0.15, 0.2) is 5.65 Å². The molecule has 1 atom stereocenters. The van der Waals surface area contributed by atoms with Crippen LogP contribution in [0.5, 0.6) is 0 Å². The molecule has 1 saturated heterocycles. The molecule has 1 unspecified atom stereocenters. The third-order valence-corrected chi connectivity index (χ3v) is 9.43. The van der Waals surface area contributed by atoms with Gasteiger partial charge in [0.05, 0.1) is 23.0 Å². The van der Waals surface area contributed by atoms with Gasteiger partial charge >= 0.3 is 0 Å². The van der Waals surface area contributed by atoms with Crippen LogP contribution in [-0.2, 0) is 0 Å². The van der Waals surface area contributed by atoms with Crippen LogP contribution in [0.15, 0.2) is 85.5 Å². The first-order valence-corrected chi connectivity index (χ1v) is 15.8. The Morgan fingerprint density at radius 1 is 0.867 bits per heavy atom. The molecular weight excluding hydrogens is 562 g/mol.